The number of nitrogens with zero attached hydrogens (tertiary/aromatic N) is 1. The second-order valence-electron chi connectivity index (χ2n) is 5.70. The monoisotopic (exact) mass is 307 g/mol. The van der Waals surface area contributed by atoms with E-state index in [1.54, 1.807) is 7.11 Å². The SMILES string of the molecule is COc1ccc2c(c1)C=C(C(=O)N1CCc3ccccc31)CO2. The number of anilines is 1. The molecule has 0 aromatic heterocycles. The van der Waals surface area contributed by atoms with Crippen molar-refractivity contribution < 1.29 is 14.3 Å². The van der Waals surface area contributed by atoms with E-state index in [-0.39, 0.29) is 5.91 Å². The molecule has 2 aromatic rings. The molecule has 2 aliphatic heterocycles. The maximum Gasteiger partial charge on any atom is 0.257 e. The minimum absolute atomic E-state index is 0.0171. The molecule has 116 valence electrons. The van der Waals surface area contributed by atoms with Crippen molar-refractivity contribution in [2.75, 3.05) is 25.2 Å². The summed E-state index contributed by atoms with van der Waals surface area (Å²) in [6, 6.07) is 13.7. The molecule has 4 nitrogen and oxygen atoms in total. The molecular weight excluding hydrogens is 290 g/mol. The van der Waals surface area contributed by atoms with E-state index in [1.165, 1.54) is 5.56 Å². The van der Waals surface area contributed by atoms with Crippen molar-refractivity contribution in [2.24, 2.45) is 0 Å². The number of rotatable bonds is 2. The van der Waals surface area contributed by atoms with Gasteiger partial charge >= 0.3 is 0 Å². The maximum absolute atomic E-state index is 12.9. The van der Waals surface area contributed by atoms with Crippen LogP contribution in [0, 0.1) is 0 Å². The molecule has 23 heavy (non-hydrogen) atoms. The van der Waals surface area contributed by atoms with Crippen LogP contribution in [-0.4, -0.2) is 26.2 Å². The van der Waals surface area contributed by atoms with E-state index < -0.39 is 0 Å². The van der Waals surface area contributed by atoms with Crippen molar-refractivity contribution in [2.45, 2.75) is 6.42 Å². The van der Waals surface area contributed by atoms with E-state index in [0.29, 0.717) is 12.2 Å². The molecule has 2 aliphatic rings. The second kappa shape index (κ2) is 5.47. The number of hydrogen-bond acceptors (Lipinski definition) is 3. The third-order valence-electron chi connectivity index (χ3n) is 4.34. The van der Waals surface area contributed by atoms with Crippen LogP contribution in [0.15, 0.2) is 48.0 Å². The molecule has 0 saturated heterocycles. The lowest BCUT2D eigenvalue weighted by Crippen LogP contribution is -2.32. The minimum Gasteiger partial charge on any atom is -0.497 e. The van der Waals surface area contributed by atoms with Crippen LogP contribution in [0.2, 0.25) is 0 Å². The first-order valence-electron chi connectivity index (χ1n) is 7.67. The summed E-state index contributed by atoms with van der Waals surface area (Å²) in [6.07, 6.45) is 2.81. The Morgan fingerprint density at radius 1 is 1.22 bits per heavy atom. The maximum atomic E-state index is 12.9. The van der Waals surface area contributed by atoms with E-state index in [1.807, 2.05) is 47.4 Å². The summed E-state index contributed by atoms with van der Waals surface area (Å²) in [7, 11) is 1.63. The highest BCUT2D eigenvalue weighted by Crippen LogP contribution is 2.33. The molecule has 4 heteroatoms. The fraction of sp³-hybridized carbons (Fsp3) is 0.211. The van der Waals surface area contributed by atoms with E-state index in [2.05, 4.69) is 6.07 Å². The molecule has 2 aromatic carbocycles. The number of para-hydroxylation sites is 1. The Balaban J connectivity index is 1.66. The Bertz CT molecular complexity index is 810. The predicted octanol–water partition coefficient (Wildman–Crippen LogP) is 3.06. The minimum atomic E-state index is 0.0171. The van der Waals surface area contributed by atoms with Crippen LogP contribution in [0.3, 0.4) is 0 Å². The summed E-state index contributed by atoms with van der Waals surface area (Å²) >= 11 is 0. The van der Waals surface area contributed by atoms with E-state index in [4.69, 9.17) is 9.47 Å². The van der Waals surface area contributed by atoms with E-state index in [0.717, 1.165) is 35.7 Å². The first-order chi connectivity index (χ1) is 11.3. The van der Waals surface area contributed by atoms with Crippen molar-refractivity contribution in [3.63, 3.8) is 0 Å². The standard InChI is InChI=1S/C19H17NO3/c1-22-16-6-7-18-14(11-16)10-15(12-23-18)19(21)20-9-8-13-4-2-3-5-17(13)20/h2-7,10-11H,8-9,12H2,1H3. The number of carbonyl (C=O) groups excluding carboxylic acids is 1. The lowest BCUT2D eigenvalue weighted by molar-refractivity contribution is -0.115. The molecular formula is C19H17NO3. The van der Waals surface area contributed by atoms with Gasteiger partial charge < -0.3 is 14.4 Å². The van der Waals surface area contributed by atoms with Crippen molar-refractivity contribution in [3.8, 4) is 11.5 Å². The van der Waals surface area contributed by atoms with E-state index >= 15 is 0 Å². The summed E-state index contributed by atoms with van der Waals surface area (Å²) in [5, 5.41) is 0. The number of methoxy groups -OCH3 is 1. The van der Waals surface area contributed by atoms with Crippen LogP contribution < -0.4 is 14.4 Å². The fourth-order valence-corrected chi connectivity index (χ4v) is 3.13. The topological polar surface area (TPSA) is 38.8 Å². The van der Waals surface area contributed by atoms with Gasteiger partial charge in [-0.1, -0.05) is 18.2 Å². The van der Waals surface area contributed by atoms with Crippen LogP contribution in [0.1, 0.15) is 11.1 Å². The lowest BCUT2D eigenvalue weighted by atomic mass is 10.1. The van der Waals surface area contributed by atoms with Gasteiger partial charge in [0.25, 0.3) is 5.91 Å². The zero-order valence-electron chi connectivity index (χ0n) is 12.9. The van der Waals surface area contributed by atoms with Crippen molar-refractivity contribution in [1.29, 1.82) is 0 Å². The number of amides is 1. The summed E-state index contributed by atoms with van der Waals surface area (Å²) in [5.41, 5.74) is 3.78. The van der Waals surface area contributed by atoms with Crippen molar-refractivity contribution >= 4 is 17.7 Å². The Kier molecular flexibility index (Phi) is 3.30. The second-order valence-corrected chi connectivity index (χ2v) is 5.70. The first kappa shape index (κ1) is 13.9. The molecule has 0 fully saturated rings. The molecule has 0 N–H and O–H groups in total. The van der Waals surface area contributed by atoms with Gasteiger partial charge in [-0.15, -0.1) is 0 Å². The third-order valence-corrected chi connectivity index (χ3v) is 4.34. The zero-order valence-corrected chi connectivity index (χ0v) is 12.9. The Labute approximate surface area is 134 Å². The number of ether oxygens (including phenoxy) is 2. The number of carbonyl (C=O) groups is 1. The summed E-state index contributed by atoms with van der Waals surface area (Å²) in [5.74, 6) is 1.55. The highest BCUT2D eigenvalue weighted by atomic mass is 16.5. The van der Waals surface area contributed by atoms with Gasteiger partial charge in [0.2, 0.25) is 0 Å². The first-order valence-corrected chi connectivity index (χ1v) is 7.67. The highest BCUT2D eigenvalue weighted by molar-refractivity contribution is 6.10. The third kappa shape index (κ3) is 2.36. The summed E-state index contributed by atoms with van der Waals surface area (Å²) in [6.45, 7) is 1.03. The number of benzene rings is 2. The van der Waals surface area contributed by atoms with Gasteiger partial charge in [0.05, 0.1) is 12.7 Å². The van der Waals surface area contributed by atoms with Crippen LogP contribution in [0.5, 0.6) is 11.5 Å². The lowest BCUT2D eigenvalue weighted by Gasteiger charge is -2.23. The van der Waals surface area contributed by atoms with Gasteiger partial charge in [-0.25, -0.2) is 0 Å². The van der Waals surface area contributed by atoms with Gasteiger partial charge in [-0.2, -0.15) is 0 Å². The highest BCUT2D eigenvalue weighted by Gasteiger charge is 2.28. The molecule has 0 bridgehead atoms. The largest absolute Gasteiger partial charge is 0.497 e. The zero-order chi connectivity index (χ0) is 15.8. The van der Waals surface area contributed by atoms with Gasteiger partial charge in [-0.3, -0.25) is 4.79 Å². The van der Waals surface area contributed by atoms with Gasteiger partial charge in [0, 0.05) is 17.8 Å². The molecule has 0 atom stereocenters. The van der Waals surface area contributed by atoms with Gasteiger partial charge in [0.1, 0.15) is 18.1 Å². The molecule has 0 radical (unpaired) electrons. The summed E-state index contributed by atoms with van der Waals surface area (Å²) < 4.78 is 11.0. The fourth-order valence-electron chi connectivity index (χ4n) is 3.13. The van der Waals surface area contributed by atoms with Gasteiger partial charge in [-0.05, 0) is 42.3 Å². The Morgan fingerprint density at radius 3 is 2.96 bits per heavy atom. The smallest absolute Gasteiger partial charge is 0.257 e. The summed E-state index contributed by atoms with van der Waals surface area (Å²) in [4.78, 5) is 14.7. The Hall–Kier alpha value is -2.75. The molecule has 0 spiro atoms. The normalized spacial score (nSPS) is 15.3. The van der Waals surface area contributed by atoms with Crippen molar-refractivity contribution in [3.05, 3.63) is 59.2 Å². The molecule has 0 unspecified atom stereocenters. The van der Waals surface area contributed by atoms with Crippen LogP contribution in [0.4, 0.5) is 5.69 Å². The molecule has 0 aliphatic carbocycles. The molecule has 4 rings (SSSR count). The van der Waals surface area contributed by atoms with Crippen molar-refractivity contribution in [1.82, 2.24) is 0 Å². The Morgan fingerprint density at radius 2 is 2.09 bits per heavy atom. The average molecular weight is 307 g/mol. The van der Waals surface area contributed by atoms with E-state index in [9.17, 15) is 4.79 Å². The number of hydrogen-bond donors (Lipinski definition) is 0. The molecule has 0 saturated carbocycles. The predicted molar refractivity (Wildman–Crippen MR) is 89.0 cm³/mol. The average Bonchev–Trinajstić information content (AvgIpc) is 3.04. The van der Waals surface area contributed by atoms with Crippen LogP contribution in [-0.2, 0) is 11.2 Å². The number of fused-ring (bicyclic) bond motifs is 2. The van der Waals surface area contributed by atoms with Gasteiger partial charge in [0.15, 0.2) is 0 Å². The molecule has 1 amide bonds. The molecule has 2 heterocycles. The van der Waals surface area contributed by atoms with Crippen LogP contribution >= 0.6 is 0 Å². The van der Waals surface area contributed by atoms with Crippen LogP contribution in [0.25, 0.3) is 6.08 Å². The quantitative estimate of drug-likeness (QED) is 0.856.